The molecule has 21 heavy (non-hydrogen) atoms. The molecule has 1 aliphatic rings. The number of rotatable bonds is 3. The van der Waals surface area contributed by atoms with E-state index in [0.29, 0.717) is 5.75 Å². The lowest BCUT2D eigenvalue weighted by molar-refractivity contribution is 0.421. The van der Waals surface area contributed by atoms with Crippen molar-refractivity contribution < 1.29 is 5.11 Å². The van der Waals surface area contributed by atoms with Gasteiger partial charge in [-0.3, -0.25) is 0 Å². The van der Waals surface area contributed by atoms with E-state index in [1.807, 2.05) is 36.0 Å². The highest BCUT2D eigenvalue weighted by atomic mass is 35.5. The number of benzene rings is 2. The Morgan fingerprint density at radius 2 is 2.10 bits per heavy atom. The first-order chi connectivity index (χ1) is 10.1. The number of nitrogens with one attached hydrogen (secondary N) is 1. The van der Waals surface area contributed by atoms with Crippen molar-refractivity contribution in [2.45, 2.75) is 30.3 Å². The van der Waals surface area contributed by atoms with E-state index in [1.165, 1.54) is 10.5 Å². The van der Waals surface area contributed by atoms with Crippen LogP contribution in [0.4, 0.5) is 0 Å². The Morgan fingerprint density at radius 1 is 1.29 bits per heavy atom. The van der Waals surface area contributed by atoms with Gasteiger partial charge < -0.3 is 10.4 Å². The van der Waals surface area contributed by atoms with E-state index >= 15 is 0 Å². The Morgan fingerprint density at radius 3 is 2.90 bits per heavy atom. The molecule has 1 heterocycles. The Hall–Kier alpha value is -1.16. The van der Waals surface area contributed by atoms with E-state index in [1.54, 1.807) is 6.07 Å². The van der Waals surface area contributed by atoms with Crippen LogP contribution in [-0.4, -0.2) is 10.9 Å². The van der Waals surface area contributed by atoms with Crippen LogP contribution >= 0.6 is 23.4 Å². The molecule has 110 valence electrons. The van der Waals surface area contributed by atoms with Crippen LogP contribution in [0, 0.1) is 0 Å². The van der Waals surface area contributed by atoms with Crippen molar-refractivity contribution in [3.05, 3.63) is 58.6 Å². The summed E-state index contributed by atoms with van der Waals surface area (Å²) < 4.78 is 0. The summed E-state index contributed by atoms with van der Waals surface area (Å²) in [5, 5.41) is 14.4. The third-order valence-corrected chi connectivity index (χ3v) is 5.22. The molecule has 0 radical (unpaired) electrons. The van der Waals surface area contributed by atoms with Crippen LogP contribution in [0.15, 0.2) is 47.4 Å². The molecule has 0 spiro atoms. The number of hydrogen-bond donors (Lipinski definition) is 2. The molecule has 4 heteroatoms. The van der Waals surface area contributed by atoms with Crippen LogP contribution in [0.5, 0.6) is 5.75 Å². The molecule has 1 aliphatic heterocycles. The third-order valence-electron chi connectivity index (χ3n) is 3.87. The third kappa shape index (κ3) is 3.20. The van der Waals surface area contributed by atoms with Gasteiger partial charge in [0, 0.05) is 27.6 Å². The fourth-order valence-corrected chi connectivity index (χ4v) is 4.07. The summed E-state index contributed by atoms with van der Waals surface area (Å²) in [7, 11) is 0. The number of halogens is 1. The van der Waals surface area contributed by atoms with E-state index in [9.17, 15) is 5.11 Å². The number of fused-ring (bicyclic) bond motifs is 1. The van der Waals surface area contributed by atoms with E-state index in [4.69, 9.17) is 11.6 Å². The van der Waals surface area contributed by atoms with Gasteiger partial charge in [0.05, 0.1) is 0 Å². The van der Waals surface area contributed by atoms with Gasteiger partial charge in [-0.05, 0) is 48.9 Å². The average Bonchev–Trinajstić information content (AvgIpc) is 2.48. The normalized spacial score (nSPS) is 19.0. The predicted molar refractivity (Wildman–Crippen MR) is 89.2 cm³/mol. The molecule has 0 bridgehead atoms. The number of thioether (sulfide) groups is 1. The van der Waals surface area contributed by atoms with Crippen LogP contribution in [0.3, 0.4) is 0 Å². The van der Waals surface area contributed by atoms with Crippen LogP contribution in [0.2, 0.25) is 5.02 Å². The topological polar surface area (TPSA) is 32.3 Å². The number of aromatic hydroxyl groups is 1. The molecule has 3 rings (SSSR count). The van der Waals surface area contributed by atoms with Gasteiger partial charge in [-0.2, -0.15) is 0 Å². The van der Waals surface area contributed by atoms with Gasteiger partial charge >= 0.3 is 0 Å². The fraction of sp³-hybridized carbons (Fsp3) is 0.294. The van der Waals surface area contributed by atoms with Gasteiger partial charge in [0.15, 0.2) is 0 Å². The van der Waals surface area contributed by atoms with E-state index in [0.717, 1.165) is 22.8 Å². The second-order valence-electron chi connectivity index (χ2n) is 5.32. The molecule has 2 atom stereocenters. The zero-order valence-electron chi connectivity index (χ0n) is 11.8. The summed E-state index contributed by atoms with van der Waals surface area (Å²) in [5.41, 5.74) is 2.19. The number of phenols is 1. The van der Waals surface area contributed by atoms with Gasteiger partial charge in [-0.15, -0.1) is 11.8 Å². The summed E-state index contributed by atoms with van der Waals surface area (Å²) in [6.07, 6.45) is 1.07. The van der Waals surface area contributed by atoms with Crippen molar-refractivity contribution in [3.63, 3.8) is 0 Å². The first-order valence-electron chi connectivity index (χ1n) is 7.11. The van der Waals surface area contributed by atoms with Crippen LogP contribution in [0.1, 0.15) is 36.6 Å². The molecule has 2 N–H and O–H groups in total. The minimum Gasteiger partial charge on any atom is -0.508 e. The van der Waals surface area contributed by atoms with Crippen LogP contribution in [-0.2, 0) is 0 Å². The second kappa shape index (κ2) is 6.30. The van der Waals surface area contributed by atoms with E-state index < -0.39 is 0 Å². The Kier molecular flexibility index (Phi) is 4.43. The first-order valence-corrected chi connectivity index (χ1v) is 8.47. The fourth-order valence-electron chi connectivity index (χ4n) is 2.78. The molecular formula is C17H18ClNOS. The Labute approximate surface area is 134 Å². The first kappa shape index (κ1) is 14.8. The minimum absolute atomic E-state index is 0.0890. The molecular weight excluding hydrogens is 302 g/mol. The maximum absolute atomic E-state index is 9.98. The lowest BCUT2D eigenvalue weighted by Gasteiger charge is -2.29. The molecule has 0 aliphatic carbocycles. The van der Waals surface area contributed by atoms with Crippen molar-refractivity contribution in [1.29, 1.82) is 0 Å². The molecule has 0 saturated carbocycles. The van der Waals surface area contributed by atoms with Crippen molar-refractivity contribution in [2.75, 3.05) is 5.75 Å². The van der Waals surface area contributed by atoms with Crippen LogP contribution < -0.4 is 5.32 Å². The molecule has 0 fully saturated rings. The van der Waals surface area contributed by atoms with Gasteiger partial charge in [-0.25, -0.2) is 0 Å². The highest BCUT2D eigenvalue weighted by Crippen LogP contribution is 2.39. The van der Waals surface area contributed by atoms with Gasteiger partial charge in [0.2, 0.25) is 0 Å². The standard InChI is InChI=1S/C17H18ClNOS/c1-11(13-4-2-3-5-16(13)20)19-15-8-9-21-17-7-6-12(18)10-14(15)17/h2-7,10-11,15,19-20H,8-9H2,1H3. The maximum Gasteiger partial charge on any atom is 0.120 e. The predicted octanol–water partition coefficient (Wildman–Crippen LogP) is 4.93. The molecule has 2 aromatic rings. The highest BCUT2D eigenvalue weighted by Gasteiger charge is 2.23. The smallest absolute Gasteiger partial charge is 0.120 e. The zero-order chi connectivity index (χ0) is 14.8. The summed E-state index contributed by atoms with van der Waals surface area (Å²) in [6.45, 7) is 2.08. The van der Waals surface area contributed by atoms with Crippen molar-refractivity contribution in [3.8, 4) is 5.75 Å². The Balaban J connectivity index is 1.83. The lowest BCUT2D eigenvalue weighted by atomic mass is 10.0. The SMILES string of the molecule is CC(NC1CCSc2ccc(Cl)cc21)c1ccccc1O. The number of para-hydroxylation sites is 1. The van der Waals surface area contributed by atoms with Gasteiger partial charge in [-0.1, -0.05) is 29.8 Å². The maximum atomic E-state index is 9.98. The molecule has 0 aromatic heterocycles. The van der Waals surface area contributed by atoms with Crippen LogP contribution in [0.25, 0.3) is 0 Å². The summed E-state index contributed by atoms with van der Waals surface area (Å²) in [6, 6.07) is 14.0. The molecule has 0 saturated heterocycles. The molecule has 2 unspecified atom stereocenters. The monoisotopic (exact) mass is 319 g/mol. The summed E-state index contributed by atoms with van der Waals surface area (Å²) in [5.74, 6) is 1.44. The molecule has 2 nitrogen and oxygen atoms in total. The van der Waals surface area contributed by atoms with Crippen molar-refractivity contribution in [2.24, 2.45) is 0 Å². The van der Waals surface area contributed by atoms with Crippen molar-refractivity contribution in [1.82, 2.24) is 5.32 Å². The molecule has 2 aromatic carbocycles. The number of phenolic OH excluding ortho intramolecular Hbond substituents is 1. The van der Waals surface area contributed by atoms with E-state index in [2.05, 4.69) is 24.4 Å². The van der Waals surface area contributed by atoms with Gasteiger partial charge in [0.25, 0.3) is 0 Å². The second-order valence-corrected chi connectivity index (χ2v) is 6.89. The average molecular weight is 320 g/mol. The van der Waals surface area contributed by atoms with E-state index in [-0.39, 0.29) is 12.1 Å². The quantitative estimate of drug-likeness (QED) is 0.841. The zero-order valence-corrected chi connectivity index (χ0v) is 13.4. The summed E-state index contributed by atoms with van der Waals surface area (Å²) in [4.78, 5) is 1.30. The molecule has 0 amide bonds. The minimum atomic E-state index is 0.0890. The lowest BCUT2D eigenvalue weighted by Crippen LogP contribution is -2.27. The largest absolute Gasteiger partial charge is 0.508 e. The van der Waals surface area contributed by atoms with Gasteiger partial charge in [0.1, 0.15) is 5.75 Å². The highest BCUT2D eigenvalue weighted by molar-refractivity contribution is 7.99. The number of hydrogen-bond acceptors (Lipinski definition) is 3. The summed E-state index contributed by atoms with van der Waals surface area (Å²) >= 11 is 8.02. The van der Waals surface area contributed by atoms with Crippen molar-refractivity contribution >= 4 is 23.4 Å². The Bertz CT molecular complexity index is 646.